The molecule has 4 saturated carbocycles. The zero-order chi connectivity index (χ0) is 26.8. The van der Waals surface area contributed by atoms with Gasteiger partial charge in [-0.15, -0.1) is 0 Å². The molecule has 0 radical (unpaired) electrons. The largest absolute Gasteiger partial charge is 0.455 e. The Balaban J connectivity index is 1.62. The van der Waals surface area contributed by atoms with Crippen LogP contribution in [0.3, 0.4) is 0 Å². The van der Waals surface area contributed by atoms with Crippen molar-refractivity contribution in [3.63, 3.8) is 0 Å². The second kappa shape index (κ2) is 7.30. The molecule has 9 atom stereocenters. The van der Waals surface area contributed by atoms with Crippen LogP contribution in [-0.4, -0.2) is 64.1 Å². The van der Waals surface area contributed by atoms with Gasteiger partial charge in [0.15, 0.2) is 5.60 Å². The zero-order valence-corrected chi connectivity index (χ0v) is 21.7. The number of hydrogen-bond donors (Lipinski definition) is 2. The first-order valence-corrected chi connectivity index (χ1v) is 13.0. The van der Waals surface area contributed by atoms with Gasteiger partial charge in [-0.25, -0.2) is 4.79 Å². The molecule has 1 spiro atoms. The lowest BCUT2D eigenvalue weighted by atomic mass is 9.30. The van der Waals surface area contributed by atoms with Crippen molar-refractivity contribution in [3.8, 4) is 0 Å². The van der Waals surface area contributed by atoms with E-state index >= 15 is 0 Å². The number of aliphatic hydroxyl groups is 2. The van der Waals surface area contributed by atoms with E-state index in [1.165, 1.54) is 6.92 Å². The van der Waals surface area contributed by atoms with Gasteiger partial charge in [0.25, 0.3) is 0 Å². The summed E-state index contributed by atoms with van der Waals surface area (Å²) in [4.78, 5) is 39.7. The van der Waals surface area contributed by atoms with Gasteiger partial charge in [-0.3, -0.25) is 9.59 Å². The molecule has 6 rings (SSSR count). The summed E-state index contributed by atoms with van der Waals surface area (Å²) in [6.45, 7) is 11.4. The van der Waals surface area contributed by atoms with Crippen molar-refractivity contribution < 1.29 is 38.8 Å². The minimum atomic E-state index is -1.75. The standard InChI is InChI=1S/C29H34O8/c1-15-19(31)13-29(34)23(36-24(33)17-9-7-6-8-10-17)22-26(5)18(20(32)12-28(15,26)25(29,3)4)11-21-27(22,14-35-21)37-16(2)30/h6-10,18-19,21-23,31,34H,1,11-14H2,2-5H3/t18-,19-,21+,22?,23-,26+,27-,28?,29+/m0/s1. The minimum Gasteiger partial charge on any atom is -0.455 e. The van der Waals surface area contributed by atoms with Crippen LogP contribution in [0.4, 0.5) is 0 Å². The molecular weight excluding hydrogens is 476 g/mol. The molecule has 8 heteroatoms. The van der Waals surface area contributed by atoms with E-state index in [2.05, 4.69) is 6.58 Å². The van der Waals surface area contributed by atoms with Crippen molar-refractivity contribution in [2.24, 2.45) is 28.1 Å². The van der Waals surface area contributed by atoms with Gasteiger partial charge in [-0.2, -0.15) is 0 Å². The van der Waals surface area contributed by atoms with Gasteiger partial charge >= 0.3 is 11.9 Å². The Kier molecular flexibility index (Phi) is 4.89. The number of rotatable bonds is 3. The highest BCUT2D eigenvalue weighted by molar-refractivity contribution is 5.90. The maximum Gasteiger partial charge on any atom is 0.338 e. The van der Waals surface area contributed by atoms with Crippen molar-refractivity contribution in [2.45, 2.75) is 76.5 Å². The van der Waals surface area contributed by atoms with Crippen LogP contribution in [0, 0.1) is 28.1 Å². The van der Waals surface area contributed by atoms with E-state index in [4.69, 9.17) is 14.2 Å². The van der Waals surface area contributed by atoms with Crippen LogP contribution in [0.25, 0.3) is 0 Å². The highest BCUT2D eigenvalue weighted by atomic mass is 16.6. The predicted octanol–water partition coefficient (Wildman–Crippen LogP) is 2.61. The maximum atomic E-state index is 13.8. The van der Waals surface area contributed by atoms with E-state index in [-0.39, 0.29) is 25.2 Å². The number of ether oxygens (including phenoxy) is 3. The summed E-state index contributed by atoms with van der Waals surface area (Å²) in [7, 11) is 0. The quantitative estimate of drug-likeness (QED) is 0.471. The average Bonchev–Trinajstić information content (AvgIpc) is 3.06. The van der Waals surface area contributed by atoms with Gasteiger partial charge in [-0.1, -0.05) is 45.5 Å². The molecule has 5 fully saturated rings. The molecule has 1 saturated heterocycles. The van der Waals surface area contributed by atoms with Crippen molar-refractivity contribution in [2.75, 3.05) is 6.61 Å². The average molecular weight is 511 g/mol. The van der Waals surface area contributed by atoms with E-state index in [9.17, 15) is 24.6 Å². The Bertz CT molecular complexity index is 1220. The topological polar surface area (TPSA) is 119 Å². The van der Waals surface area contributed by atoms with Crippen LogP contribution >= 0.6 is 0 Å². The summed E-state index contributed by atoms with van der Waals surface area (Å²) in [5, 5.41) is 23.9. The number of Topliss-reactive ketones (excluding diaryl/α,β-unsaturated/α-hetero) is 1. The van der Waals surface area contributed by atoms with Gasteiger partial charge in [0.2, 0.25) is 0 Å². The molecule has 0 aromatic heterocycles. The number of fused-ring (bicyclic) bond motifs is 3. The third-order valence-corrected chi connectivity index (χ3v) is 11.1. The summed E-state index contributed by atoms with van der Waals surface area (Å²) < 4.78 is 18.2. The van der Waals surface area contributed by atoms with Gasteiger partial charge in [0, 0.05) is 36.5 Å². The van der Waals surface area contributed by atoms with Crippen molar-refractivity contribution in [1.29, 1.82) is 0 Å². The first-order chi connectivity index (χ1) is 17.3. The molecule has 8 nitrogen and oxygen atoms in total. The van der Waals surface area contributed by atoms with Gasteiger partial charge in [-0.05, 0) is 29.5 Å². The fourth-order valence-electron chi connectivity index (χ4n) is 9.46. The second-order valence-corrected chi connectivity index (χ2v) is 12.4. The Morgan fingerprint density at radius 3 is 2.43 bits per heavy atom. The van der Waals surface area contributed by atoms with Gasteiger partial charge < -0.3 is 24.4 Å². The van der Waals surface area contributed by atoms with Gasteiger partial charge in [0.05, 0.1) is 24.2 Å². The first kappa shape index (κ1) is 24.8. The molecule has 1 aromatic carbocycles. The lowest BCUT2D eigenvalue weighted by molar-refractivity contribution is -0.389. The van der Waals surface area contributed by atoms with E-state index in [1.54, 1.807) is 30.3 Å². The SMILES string of the molecule is C=C1[C@@H](O)C[C@@]2(O)[C@@H](OC(=O)c3ccccc3)C3[C@@]4(C)[C@@H](C[C@H]5OC[C@@]35OC(C)=O)C(=O)CC14C2(C)C. The van der Waals surface area contributed by atoms with Gasteiger partial charge in [0.1, 0.15) is 23.6 Å². The number of carbonyl (C=O) groups excluding carboxylic acids is 3. The van der Waals surface area contributed by atoms with E-state index in [0.717, 1.165) is 0 Å². The maximum absolute atomic E-state index is 13.8. The first-order valence-electron chi connectivity index (χ1n) is 13.0. The molecule has 0 amide bonds. The number of esters is 2. The number of hydrogen-bond acceptors (Lipinski definition) is 8. The van der Waals surface area contributed by atoms with Crippen LogP contribution < -0.4 is 0 Å². The Labute approximate surface area is 216 Å². The normalized spacial score (nSPS) is 46.8. The number of carbonyl (C=O) groups is 3. The summed E-state index contributed by atoms with van der Waals surface area (Å²) in [5.74, 6) is -2.41. The molecule has 4 aliphatic carbocycles. The summed E-state index contributed by atoms with van der Waals surface area (Å²) in [6.07, 6.45) is -2.53. The molecule has 1 heterocycles. The Hall–Kier alpha value is -2.55. The Morgan fingerprint density at radius 1 is 1.16 bits per heavy atom. The van der Waals surface area contributed by atoms with E-state index in [0.29, 0.717) is 17.6 Å². The fourth-order valence-corrected chi connectivity index (χ4v) is 9.46. The third kappa shape index (κ3) is 2.57. The summed E-state index contributed by atoms with van der Waals surface area (Å²) >= 11 is 0. The minimum absolute atomic E-state index is 0.000126. The summed E-state index contributed by atoms with van der Waals surface area (Å²) in [6, 6.07) is 8.49. The van der Waals surface area contributed by atoms with Crippen molar-refractivity contribution >= 4 is 17.7 Å². The Morgan fingerprint density at radius 2 is 1.84 bits per heavy atom. The molecule has 2 N–H and O–H groups in total. The fraction of sp³-hybridized carbons (Fsp3) is 0.621. The summed E-state index contributed by atoms with van der Waals surface area (Å²) in [5.41, 5.74) is -5.08. The molecule has 5 aliphatic rings. The van der Waals surface area contributed by atoms with Crippen LogP contribution in [0.1, 0.15) is 57.3 Å². The van der Waals surface area contributed by atoms with Crippen LogP contribution in [-0.2, 0) is 23.8 Å². The highest BCUT2D eigenvalue weighted by Gasteiger charge is 2.88. The number of aliphatic hydroxyl groups excluding tert-OH is 1. The van der Waals surface area contributed by atoms with Crippen LogP contribution in [0.15, 0.2) is 42.5 Å². The smallest absolute Gasteiger partial charge is 0.338 e. The molecule has 37 heavy (non-hydrogen) atoms. The molecule has 1 aliphatic heterocycles. The van der Waals surface area contributed by atoms with E-state index < -0.39 is 69.5 Å². The number of benzene rings is 1. The molecule has 1 aromatic rings. The molecular formula is C29H34O8. The molecule has 2 unspecified atom stereocenters. The monoisotopic (exact) mass is 510 g/mol. The van der Waals surface area contributed by atoms with Crippen LogP contribution in [0.2, 0.25) is 0 Å². The van der Waals surface area contributed by atoms with E-state index in [1.807, 2.05) is 20.8 Å². The van der Waals surface area contributed by atoms with Crippen LogP contribution in [0.5, 0.6) is 0 Å². The zero-order valence-electron chi connectivity index (χ0n) is 21.7. The predicted molar refractivity (Wildman–Crippen MR) is 130 cm³/mol. The second-order valence-electron chi connectivity index (χ2n) is 12.4. The lowest BCUT2D eigenvalue weighted by Gasteiger charge is -2.77. The third-order valence-electron chi connectivity index (χ3n) is 11.1. The highest BCUT2D eigenvalue weighted by Crippen LogP contribution is 2.82. The lowest BCUT2D eigenvalue weighted by Crippen LogP contribution is -2.85. The van der Waals surface area contributed by atoms with Crippen molar-refractivity contribution in [1.82, 2.24) is 0 Å². The molecule has 198 valence electrons. The molecule has 2 bridgehead atoms. The number of ketones is 1. The van der Waals surface area contributed by atoms with Crippen molar-refractivity contribution in [3.05, 3.63) is 48.0 Å².